The van der Waals surface area contributed by atoms with E-state index in [1.54, 1.807) is 18.7 Å². The minimum absolute atomic E-state index is 0.125. The zero-order valence-corrected chi connectivity index (χ0v) is 20.5. The second-order valence-electron chi connectivity index (χ2n) is 9.31. The van der Waals surface area contributed by atoms with Crippen LogP contribution in [0.25, 0.3) is 0 Å². The molecule has 1 aromatic carbocycles. The highest BCUT2D eigenvalue weighted by molar-refractivity contribution is 7.89. The van der Waals surface area contributed by atoms with Crippen LogP contribution in [0.1, 0.15) is 40.0 Å². The number of amides is 2. The van der Waals surface area contributed by atoms with Crippen LogP contribution in [0, 0.1) is 11.7 Å². The highest BCUT2D eigenvalue weighted by Gasteiger charge is 2.34. The van der Waals surface area contributed by atoms with Gasteiger partial charge in [0.2, 0.25) is 21.8 Å². The third-order valence-electron chi connectivity index (χ3n) is 6.51. The number of rotatable bonds is 7. The molecule has 1 unspecified atom stereocenters. The Kier molecular flexibility index (Phi) is 8.47. The molecule has 2 heterocycles. The summed E-state index contributed by atoms with van der Waals surface area (Å²) >= 11 is 0. The Bertz CT molecular complexity index is 948. The average molecular weight is 483 g/mol. The number of halogens is 1. The Morgan fingerprint density at radius 1 is 1.09 bits per heavy atom. The van der Waals surface area contributed by atoms with Crippen LogP contribution in [0.5, 0.6) is 0 Å². The molecule has 2 amide bonds. The summed E-state index contributed by atoms with van der Waals surface area (Å²) in [5.41, 5.74) is 0. The van der Waals surface area contributed by atoms with Crippen LogP contribution in [0.2, 0.25) is 0 Å². The van der Waals surface area contributed by atoms with Crippen molar-refractivity contribution < 1.29 is 22.4 Å². The number of carbonyl (C=O) groups is 2. The SMILES string of the molecule is CC(C)[C@H](NS(=O)(=O)c1ccccc1F)C(=O)N1CCN(CC(=O)N2CCCCC2C)CC1. The van der Waals surface area contributed by atoms with E-state index in [1.165, 1.54) is 18.2 Å². The number of sulfonamides is 1. The van der Waals surface area contributed by atoms with Crippen molar-refractivity contribution in [1.29, 1.82) is 0 Å². The van der Waals surface area contributed by atoms with E-state index in [9.17, 15) is 22.4 Å². The average Bonchev–Trinajstić information content (AvgIpc) is 2.78. The minimum atomic E-state index is -4.20. The van der Waals surface area contributed by atoms with E-state index < -0.39 is 26.8 Å². The molecule has 2 aliphatic heterocycles. The van der Waals surface area contributed by atoms with Gasteiger partial charge in [-0.25, -0.2) is 12.8 Å². The van der Waals surface area contributed by atoms with Crippen molar-refractivity contribution in [2.24, 2.45) is 5.92 Å². The number of nitrogens with zero attached hydrogens (tertiary/aromatic N) is 3. The van der Waals surface area contributed by atoms with Crippen molar-refractivity contribution in [3.05, 3.63) is 30.1 Å². The van der Waals surface area contributed by atoms with Gasteiger partial charge in [0.25, 0.3) is 0 Å². The molecular weight excluding hydrogens is 447 g/mol. The van der Waals surface area contributed by atoms with Crippen molar-refractivity contribution in [1.82, 2.24) is 19.4 Å². The van der Waals surface area contributed by atoms with Crippen LogP contribution in [0.15, 0.2) is 29.2 Å². The maximum Gasteiger partial charge on any atom is 0.244 e. The molecule has 10 heteroatoms. The number of hydrogen-bond donors (Lipinski definition) is 1. The second-order valence-corrected chi connectivity index (χ2v) is 11.0. The van der Waals surface area contributed by atoms with Gasteiger partial charge >= 0.3 is 0 Å². The summed E-state index contributed by atoms with van der Waals surface area (Å²) in [5, 5.41) is 0. The smallest absolute Gasteiger partial charge is 0.244 e. The van der Waals surface area contributed by atoms with Gasteiger partial charge in [0.05, 0.1) is 6.54 Å². The Labute approximate surface area is 196 Å². The molecule has 184 valence electrons. The number of piperidine rings is 1. The maximum atomic E-state index is 14.0. The molecule has 0 bridgehead atoms. The van der Waals surface area contributed by atoms with Gasteiger partial charge in [-0.2, -0.15) is 4.72 Å². The summed E-state index contributed by atoms with van der Waals surface area (Å²) in [4.78, 5) is 31.0. The third-order valence-corrected chi connectivity index (χ3v) is 7.98. The van der Waals surface area contributed by atoms with E-state index in [1.807, 2.05) is 9.80 Å². The van der Waals surface area contributed by atoms with Crippen molar-refractivity contribution in [3.63, 3.8) is 0 Å². The minimum Gasteiger partial charge on any atom is -0.339 e. The van der Waals surface area contributed by atoms with Gasteiger partial charge in [-0.3, -0.25) is 14.5 Å². The molecule has 3 rings (SSSR count). The molecule has 2 fully saturated rings. The van der Waals surface area contributed by atoms with Crippen LogP contribution in [-0.4, -0.2) is 86.3 Å². The largest absolute Gasteiger partial charge is 0.339 e. The molecule has 0 spiro atoms. The van der Waals surface area contributed by atoms with E-state index in [4.69, 9.17) is 0 Å². The maximum absolute atomic E-state index is 14.0. The lowest BCUT2D eigenvalue weighted by atomic mass is 10.0. The second kappa shape index (κ2) is 10.9. The van der Waals surface area contributed by atoms with Crippen LogP contribution < -0.4 is 4.72 Å². The molecule has 2 atom stereocenters. The van der Waals surface area contributed by atoms with Crippen molar-refractivity contribution >= 4 is 21.8 Å². The summed E-state index contributed by atoms with van der Waals surface area (Å²) in [6, 6.07) is 4.37. The van der Waals surface area contributed by atoms with Crippen molar-refractivity contribution in [2.45, 2.75) is 57.0 Å². The lowest BCUT2D eigenvalue weighted by Crippen LogP contribution is -2.57. The standard InChI is InChI=1S/C23H35FN4O4S/c1-17(2)22(25-33(31,32)20-10-5-4-9-19(20)24)23(30)27-14-12-26(13-15-27)16-21(29)28-11-7-6-8-18(28)3/h4-5,9-10,17-18,22,25H,6-8,11-16H2,1-3H3/t18?,22-/m0/s1. The lowest BCUT2D eigenvalue weighted by Gasteiger charge is -2.39. The fourth-order valence-electron chi connectivity index (χ4n) is 4.44. The molecule has 0 radical (unpaired) electrons. The first-order valence-electron chi connectivity index (χ1n) is 11.7. The lowest BCUT2D eigenvalue weighted by molar-refractivity contribution is -0.138. The molecule has 2 saturated heterocycles. The van der Waals surface area contributed by atoms with Gasteiger partial charge in [0.15, 0.2) is 0 Å². The topological polar surface area (TPSA) is 90.0 Å². The predicted octanol–water partition coefficient (Wildman–Crippen LogP) is 1.67. The quantitative estimate of drug-likeness (QED) is 0.639. The molecule has 2 aliphatic rings. The van der Waals surface area contributed by atoms with E-state index in [0.717, 1.165) is 31.9 Å². The predicted molar refractivity (Wildman–Crippen MR) is 123 cm³/mol. The molecule has 0 saturated carbocycles. The number of likely N-dealkylation sites (tertiary alicyclic amines) is 1. The highest BCUT2D eigenvalue weighted by Crippen LogP contribution is 2.19. The number of hydrogen-bond acceptors (Lipinski definition) is 5. The summed E-state index contributed by atoms with van der Waals surface area (Å²) in [5.74, 6) is -1.39. The molecule has 8 nitrogen and oxygen atoms in total. The summed E-state index contributed by atoms with van der Waals surface area (Å²) in [7, 11) is -4.20. The Balaban J connectivity index is 1.58. The van der Waals surface area contributed by atoms with E-state index >= 15 is 0 Å². The fourth-order valence-corrected chi connectivity index (χ4v) is 5.86. The summed E-state index contributed by atoms with van der Waals surface area (Å²) in [6.45, 7) is 8.63. The van der Waals surface area contributed by atoms with Gasteiger partial charge in [0, 0.05) is 38.8 Å². The van der Waals surface area contributed by atoms with E-state index in [2.05, 4.69) is 11.6 Å². The normalized spacial score (nSPS) is 21.3. The number of nitrogens with one attached hydrogen (secondary N) is 1. The number of piperazine rings is 1. The van der Waals surface area contributed by atoms with E-state index in [0.29, 0.717) is 32.7 Å². The summed E-state index contributed by atoms with van der Waals surface area (Å²) in [6.07, 6.45) is 3.23. The van der Waals surface area contributed by atoms with Gasteiger partial charge in [0.1, 0.15) is 16.8 Å². The molecular formula is C23H35FN4O4S. The van der Waals surface area contributed by atoms with Crippen LogP contribution in [0.3, 0.4) is 0 Å². The summed E-state index contributed by atoms with van der Waals surface area (Å²) < 4.78 is 41.9. The Morgan fingerprint density at radius 2 is 1.76 bits per heavy atom. The molecule has 1 N–H and O–H groups in total. The fraction of sp³-hybridized carbons (Fsp3) is 0.652. The zero-order chi connectivity index (χ0) is 24.2. The Hall–Kier alpha value is -2.04. The zero-order valence-electron chi connectivity index (χ0n) is 19.7. The van der Waals surface area contributed by atoms with Gasteiger partial charge < -0.3 is 9.80 Å². The van der Waals surface area contributed by atoms with Crippen LogP contribution >= 0.6 is 0 Å². The third kappa shape index (κ3) is 6.30. The van der Waals surface area contributed by atoms with Gasteiger partial charge in [-0.1, -0.05) is 26.0 Å². The van der Waals surface area contributed by atoms with Crippen LogP contribution in [-0.2, 0) is 19.6 Å². The van der Waals surface area contributed by atoms with Crippen LogP contribution in [0.4, 0.5) is 4.39 Å². The van der Waals surface area contributed by atoms with Crippen molar-refractivity contribution in [2.75, 3.05) is 39.3 Å². The molecule has 1 aromatic rings. The first-order chi connectivity index (χ1) is 15.6. The van der Waals surface area contributed by atoms with Gasteiger partial charge in [-0.05, 0) is 44.2 Å². The first kappa shape index (κ1) is 25.6. The number of carbonyl (C=O) groups excluding carboxylic acids is 2. The van der Waals surface area contributed by atoms with E-state index in [-0.39, 0.29) is 23.8 Å². The van der Waals surface area contributed by atoms with Crippen molar-refractivity contribution in [3.8, 4) is 0 Å². The Morgan fingerprint density at radius 3 is 2.36 bits per heavy atom. The monoisotopic (exact) mass is 482 g/mol. The first-order valence-corrected chi connectivity index (χ1v) is 13.2. The molecule has 0 aromatic heterocycles. The van der Waals surface area contributed by atoms with Gasteiger partial charge in [-0.15, -0.1) is 0 Å². The number of benzene rings is 1. The molecule has 0 aliphatic carbocycles. The highest BCUT2D eigenvalue weighted by atomic mass is 32.2. The molecule has 33 heavy (non-hydrogen) atoms.